The highest BCUT2D eigenvalue weighted by atomic mass is 19.4. The van der Waals surface area contributed by atoms with E-state index in [-0.39, 0.29) is 0 Å². The number of nitrogens with zero attached hydrogens (tertiary/aromatic N) is 2. The number of hydrogen-bond donors (Lipinski definition) is 0. The van der Waals surface area contributed by atoms with Gasteiger partial charge in [-0.3, -0.25) is 0 Å². The molecule has 3 nitrogen and oxygen atoms in total. The standard InChI is InChI=1S/C11H9F3N2O/c1-16-7-6-15-10(16)17-9-4-2-8(3-5-9)11(12,13)14/h2-7H,1H3. The third-order valence-corrected chi connectivity index (χ3v) is 2.17. The van der Waals surface area contributed by atoms with Gasteiger partial charge in [0.05, 0.1) is 5.56 Å². The molecule has 0 aliphatic carbocycles. The van der Waals surface area contributed by atoms with Crippen molar-refractivity contribution < 1.29 is 17.9 Å². The molecule has 0 atom stereocenters. The minimum absolute atomic E-state index is 0.312. The topological polar surface area (TPSA) is 27.1 Å². The number of alkyl halides is 3. The van der Waals surface area contributed by atoms with Crippen molar-refractivity contribution in [3.05, 3.63) is 42.2 Å². The molecule has 0 N–H and O–H groups in total. The summed E-state index contributed by atoms with van der Waals surface area (Å²) in [6.45, 7) is 0. The maximum Gasteiger partial charge on any atom is 0.416 e. The van der Waals surface area contributed by atoms with Gasteiger partial charge >= 0.3 is 12.2 Å². The van der Waals surface area contributed by atoms with Gasteiger partial charge in [0, 0.05) is 19.4 Å². The maximum absolute atomic E-state index is 12.3. The molecule has 2 rings (SSSR count). The number of halogens is 3. The lowest BCUT2D eigenvalue weighted by Gasteiger charge is -2.08. The molecule has 1 aromatic carbocycles. The van der Waals surface area contributed by atoms with Crippen LogP contribution in [0.5, 0.6) is 11.8 Å². The monoisotopic (exact) mass is 242 g/mol. The van der Waals surface area contributed by atoms with Crippen LogP contribution in [-0.4, -0.2) is 9.55 Å². The summed E-state index contributed by atoms with van der Waals surface area (Å²) in [5, 5.41) is 0. The SMILES string of the molecule is Cn1ccnc1Oc1ccc(C(F)(F)F)cc1. The number of hydrogen-bond acceptors (Lipinski definition) is 2. The minimum atomic E-state index is -4.33. The third kappa shape index (κ3) is 2.58. The van der Waals surface area contributed by atoms with Crippen molar-refractivity contribution in [1.82, 2.24) is 9.55 Å². The molecule has 17 heavy (non-hydrogen) atoms. The summed E-state index contributed by atoms with van der Waals surface area (Å²) in [6, 6.07) is 4.79. The van der Waals surface area contributed by atoms with Crippen LogP contribution in [0.25, 0.3) is 0 Å². The van der Waals surface area contributed by atoms with Crippen LogP contribution in [0.15, 0.2) is 36.7 Å². The zero-order valence-corrected chi connectivity index (χ0v) is 8.90. The van der Waals surface area contributed by atoms with Gasteiger partial charge in [-0.05, 0) is 24.3 Å². The molecule has 0 unspecified atom stereocenters. The molecule has 1 aromatic heterocycles. The molecule has 6 heteroatoms. The van der Waals surface area contributed by atoms with Gasteiger partial charge in [0.25, 0.3) is 0 Å². The van der Waals surface area contributed by atoms with Crippen LogP contribution >= 0.6 is 0 Å². The number of aryl methyl sites for hydroxylation is 1. The first-order chi connectivity index (χ1) is 7.97. The predicted molar refractivity (Wildman–Crippen MR) is 54.7 cm³/mol. The van der Waals surface area contributed by atoms with Gasteiger partial charge in [0.15, 0.2) is 0 Å². The smallest absolute Gasteiger partial charge is 0.416 e. The van der Waals surface area contributed by atoms with E-state index in [9.17, 15) is 13.2 Å². The summed E-state index contributed by atoms with van der Waals surface area (Å²) < 4.78 is 43.8. The van der Waals surface area contributed by atoms with Gasteiger partial charge in [0.2, 0.25) is 0 Å². The lowest BCUT2D eigenvalue weighted by Crippen LogP contribution is -2.04. The van der Waals surface area contributed by atoms with Crippen molar-refractivity contribution in [3.63, 3.8) is 0 Å². The quantitative estimate of drug-likeness (QED) is 0.808. The van der Waals surface area contributed by atoms with E-state index in [4.69, 9.17) is 4.74 Å². The Morgan fingerprint density at radius 1 is 1.18 bits per heavy atom. The molecule has 0 bridgehead atoms. The summed E-state index contributed by atoms with van der Waals surface area (Å²) in [6.07, 6.45) is -1.11. The number of rotatable bonds is 2. The van der Waals surface area contributed by atoms with Crippen LogP contribution in [0.2, 0.25) is 0 Å². The Labute approximate surface area is 95.5 Å². The van der Waals surface area contributed by atoms with E-state index in [0.717, 1.165) is 12.1 Å². The van der Waals surface area contributed by atoms with Gasteiger partial charge in [-0.15, -0.1) is 0 Å². The molecule has 1 heterocycles. The third-order valence-electron chi connectivity index (χ3n) is 2.17. The minimum Gasteiger partial charge on any atom is -0.426 e. The molecule has 0 saturated heterocycles. The molecule has 0 radical (unpaired) electrons. The Hall–Kier alpha value is -1.98. The van der Waals surface area contributed by atoms with Gasteiger partial charge in [-0.25, -0.2) is 4.98 Å². The molecule has 0 amide bonds. The molecular formula is C11H9F3N2O. The first-order valence-corrected chi connectivity index (χ1v) is 4.79. The van der Waals surface area contributed by atoms with Crippen molar-refractivity contribution >= 4 is 0 Å². The largest absolute Gasteiger partial charge is 0.426 e. The summed E-state index contributed by atoms with van der Waals surface area (Å²) in [7, 11) is 1.73. The van der Waals surface area contributed by atoms with E-state index in [1.165, 1.54) is 12.1 Å². The van der Waals surface area contributed by atoms with E-state index in [1.54, 1.807) is 24.0 Å². The average Bonchev–Trinajstić information content (AvgIpc) is 2.64. The fraction of sp³-hybridized carbons (Fsp3) is 0.182. The Morgan fingerprint density at radius 2 is 1.82 bits per heavy atom. The highest BCUT2D eigenvalue weighted by molar-refractivity contribution is 5.30. The lowest BCUT2D eigenvalue weighted by atomic mass is 10.2. The second-order valence-electron chi connectivity index (χ2n) is 3.44. The van der Waals surface area contributed by atoms with Crippen LogP contribution in [0, 0.1) is 0 Å². The molecule has 0 aliphatic heterocycles. The van der Waals surface area contributed by atoms with E-state index in [1.807, 2.05) is 0 Å². The van der Waals surface area contributed by atoms with E-state index >= 15 is 0 Å². The van der Waals surface area contributed by atoms with E-state index < -0.39 is 11.7 Å². The van der Waals surface area contributed by atoms with Gasteiger partial charge in [0.1, 0.15) is 5.75 Å². The van der Waals surface area contributed by atoms with E-state index in [0.29, 0.717) is 11.8 Å². The predicted octanol–water partition coefficient (Wildman–Crippen LogP) is 3.23. The zero-order chi connectivity index (χ0) is 12.5. The van der Waals surface area contributed by atoms with Crippen LogP contribution in [0.1, 0.15) is 5.56 Å². The number of aromatic nitrogens is 2. The first kappa shape index (κ1) is 11.5. The summed E-state index contributed by atoms with van der Waals surface area (Å²) in [5.41, 5.74) is -0.704. The fourth-order valence-electron chi connectivity index (χ4n) is 1.27. The molecule has 0 spiro atoms. The second-order valence-corrected chi connectivity index (χ2v) is 3.44. The Morgan fingerprint density at radius 3 is 2.29 bits per heavy atom. The van der Waals surface area contributed by atoms with Crippen LogP contribution in [0.4, 0.5) is 13.2 Å². The summed E-state index contributed by atoms with van der Waals surface area (Å²) >= 11 is 0. The molecule has 0 fully saturated rings. The zero-order valence-electron chi connectivity index (χ0n) is 8.90. The maximum atomic E-state index is 12.3. The van der Waals surface area contributed by atoms with Crippen molar-refractivity contribution in [2.24, 2.45) is 7.05 Å². The van der Waals surface area contributed by atoms with Crippen molar-refractivity contribution in [2.45, 2.75) is 6.18 Å². The fourth-order valence-corrected chi connectivity index (χ4v) is 1.27. The molecule has 0 saturated carbocycles. The lowest BCUT2D eigenvalue weighted by molar-refractivity contribution is -0.137. The molecular weight excluding hydrogens is 233 g/mol. The normalized spacial score (nSPS) is 11.5. The summed E-state index contributed by atoms with van der Waals surface area (Å²) in [4.78, 5) is 3.90. The Balaban J connectivity index is 2.17. The Kier molecular flexibility index (Phi) is 2.79. The Bertz CT molecular complexity index is 502. The van der Waals surface area contributed by atoms with Crippen molar-refractivity contribution in [1.29, 1.82) is 0 Å². The number of ether oxygens (including phenoxy) is 1. The number of benzene rings is 1. The van der Waals surface area contributed by atoms with Crippen LogP contribution in [-0.2, 0) is 13.2 Å². The van der Waals surface area contributed by atoms with E-state index in [2.05, 4.69) is 4.98 Å². The second kappa shape index (κ2) is 4.12. The average molecular weight is 242 g/mol. The molecule has 0 aliphatic rings. The molecule has 2 aromatic rings. The summed E-state index contributed by atoms with van der Waals surface area (Å²) in [5.74, 6) is 0.312. The highest BCUT2D eigenvalue weighted by Crippen LogP contribution is 2.30. The van der Waals surface area contributed by atoms with Gasteiger partial charge < -0.3 is 9.30 Å². The van der Waals surface area contributed by atoms with Crippen molar-refractivity contribution in [3.8, 4) is 11.8 Å². The van der Waals surface area contributed by atoms with Gasteiger partial charge in [-0.2, -0.15) is 13.2 Å². The van der Waals surface area contributed by atoms with Crippen LogP contribution in [0.3, 0.4) is 0 Å². The first-order valence-electron chi connectivity index (χ1n) is 4.79. The van der Waals surface area contributed by atoms with Crippen molar-refractivity contribution in [2.75, 3.05) is 0 Å². The molecule has 90 valence electrons. The van der Waals surface area contributed by atoms with Gasteiger partial charge in [-0.1, -0.05) is 0 Å². The number of imidazole rings is 1. The van der Waals surface area contributed by atoms with Crippen LogP contribution < -0.4 is 4.74 Å². The highest BCUT2D eigenvalue weighted by Gasteiger charge is 2.30.